The van der Waals surface area contributed by atoms with E-state index in [2.05, 4.69) is 15.1 Å². The molecule has 33 heavy (non-hydrogen) atoms. The summed E-state index contributed by atoms with van der Waals surface area (Å²) in [5.74, 6) is -1.11. The van der Waals surface area contributed by atoms with Crippen LogP contribution in [0.25, 0.3) is 23.2 Å². The van der Waals surface area contributed by atoms with Gasteiger partial charge in [0.2, 0.25) is 0 Å². The minimum atomic E-state index is -5.01. The largest absolute Gasteiger partial charge is 0.459 e. The number of nitrogens with zero attached hydrogens (tertiary/aromatic N) is 4. The van der Waals surface area contributed by atoms with Gasteiger partial charge < -0.3 is 4.74 Å². The lowest BCUT2D eigenvalue weighted by Crippen LogP contribution is -2.13. The fraction of sp³-hybridized carbons (Fsp3) is 0.238. The molecule has 0 N–H and O–H groups in total. The van der Waals surface area contributed by atoms with Crippen LogP contribution in [-0.4, -0.2) is 31.8 Å². The van der Waals surface area contributed by atoms with E-state index in [1.54, 1.807) is 13.8 Å². The van der Waals surface area contributed by atoms with Gasteiger partial charge in [-0.05, 0) is 49.7 Å². The Morgan fingerprint density at radius 3 is 2.09 bits per heavy atom. The predicted octanol–water partition coefficient (Wildman–Crippen LogP) is 5.33. The molecule has 2 aromatic heterocycles. The molecule has 0 aliphatic heterocycles. The number of halogens is 6. The Morgan fingerprint density at radius 2 is 1.58 bits per heavy atom. The van der Waals surface area contributed by atoms with Crippen molar-refractivity contribution >= 4 is 17.7 Å². The van der Waals surface area contributed by atoms with Crippen molar-refractivity contribution in [3.8, 4) is 11.4 Å². The summed E-state index contributed by atoms with van der Waals surface area (Å²) < 4.78 is 85.0. The molecule has 12 heteroatoms. The SMILES string of the molecule is CC(C)OC(=O)/C(=C/n1cnc(-c2cc(C(F)(F)F)cc(C(F)(F)F)c2)n1)c1ccncc1. The molecular weight excluding hydrogens is 454 g/mol. The summed E-state index contributed by atoms with van der Waals surface area (Å²) in [6, 6.07) is 4.11. The number of aromatic nitrogens is 4. The van der Waals surface area contributed by atoms with Gasteiger partial charge in [-0.3, -0.25) is 4.98 Å². The first-order chi connectivity index (χ1) is 15.3. The van der Waals surface area contributed by atoms with Gasteiger partial charge in [0.15, 0.2) is 5.82 Å². The van der Waals surface area contributed by atoms with Gasteiger partial charge in [-0.25, -0.2) is 14.5 Å². The van der Waals surface area contributed by atoms with Crippen molar-refractivity contribution in [2.45, 2.75) is 32.3 Å². The van der Waals surface area contributed by atoms with Gasteiger partial charge in [0.25, 0.3) is 0 Å². The molecule has 0 spiro atoms. The first kappa shape index (κ1) is 24.0. The summed E-state index contributed by atoms with van der Waals surface area (Å²) in [6.07, 6.45) is -5.34. The third-order valence-electron chi connectivity index (χ3n) is 4.17. The van der Waals surface area contributed by atoms with E-state index in [-0.39, 0.29) is 11.6 Å². The van der Waals surface area contributed by atoms with Crippen LogP contribution in [0.1, 0.15) is 30.5 Å². The van der Waals surface area contributed by atoms with E-state index < -0.39 is 46.9 Å². The monoisotopic (exact) mass is 470 g/mol. The Hall–Kier alpha value is -3.70. The Balaban J connectivity index is 2.06. The maximum Gasteiger partial charge on any atom is 0.416 e. The normalized spacial score (nSPS) is 12.8. The topological polar surface area (TPSA) is 69.9 Å². The zero-order chi connectivity index (χ0) is 24.4. The molecule has 1 aromatic carbocycles. The highest BCUT2D eigenvalue weighted by Gasteiger charge is 2.37. The van der Waals surface area contributed by atoms with Crippen molar-refractivity contribution in [3.05, 3.63) is 65.7 Å². The van der Waals surface area contributed by atoms with Crippen LogP contribution in [0, 0.1) is 0 Å². The Morgan fingerprint density at radius 1 is 1.00 bits per heavy atom. The highest BCUT2D eigenvalue weighted by atomic mass is 19.4. The average Bonchev–Trinajstić information content (AvgIpc) is 3.19. The highest BCUT2D eigenvalue weighted by Crippen LogP contribution is 2.38. The molecule has 0 saturated heterocycles. The number of pyridine rings is 1. The van der Waals surface area contributed by atoms with E-state index in [1.165, 1.54) is 30.7 Å². The summed E-state index contributed by atoms with van der Waals surface area (Å²) in [5.41, 5.74) is -3.03. The third-order valence-corrected chi connectivity index (χ3v) is 4.17. The van der Waals surface area contributed by atoms with Crippen LogP contribution in [0.5, 0.6) is 0 Å². The number of carbonyl (C=O) groups excluding carboxylic acids is 1. The van der Waals surface area contributed by atoms with Crippen LogP contribution >= 0.6 is 0 Å². The quantitative estimate of drug-likeness (QED) is 0.287. The number of hydrogen-bond acceptors (Lipinski definition) is 5. The molecule has 0 saturated carbocycles. The molecule has 3 aromatic rings. The van der Waals surface area contributed by atoms with Gasteiger partial charge in [-0.15, -0.1) is 5.10 Å². The summed E-state index contributed by atoms with van der Waals surface area (Å²) in [6.45, 7) is 3.28. The van der Waals surface area contributed by atoms with Gasteiger partial charge in [-0.1, -0.05) is 0 Å². The van der Waals surface area contributed by atoms with Crippen LogP contribution in [-0.2, 0) is 21.9 Å². The predicted molar refractivity (Wildman–Crippen MR) is 105 cm³/mol. The van der Waals surface area contributed by atoms with Gasteiger partial charge >= 0.3 is 18.3 Å². The van der Waals surface area contributed by atoms with Crippen LogP contribution < -0.4 is 0 Å². The highest BCUT2D eigenvalue weighted by molar-refractivity contribution is 6.20. The number of esters is 1. The molecule has 0 aliphatic rings. The third kappa shape index (κ3) is 5.96. The van der Waals surface area contributed by atoms with Gasteiger partial charge in [-0.2, -0.15) is 26.3 Å². The molecule has 0 aliphatic carbocycles. The average molecular weight is 470 g/mol. The standard InChI is InChI=1S/C21H16F6N4O2/c1-12(2)33-19(32)17(13-3-5-28-6-4-13)10-31-11-29-18(30-31)14-7-15(20(22,23)24)9-16(8-14)21(25,26)27/h3-12H,1-2H3/b17-10+. The zero-order valence-corrected chi connectivity index (χ0v) is 17.1. The minimum absolute atomic E-state index is 0.0177. The molecule has 0 atom stereocenters. The van der Waals surface area contributed by atoms with Crippen molar-refractivity contribution in [1.29, 1.82) is 0 Å². The maximum atomic E-state index is 13.1. The van der Waals surface area contributed by atoms with Crippen molar-refractivity contribution < 1.29 is 35.9 Å². The molecule has 0 amide bonds. The molecule has 0 fully saturated rings. The fourth-order valence-electron chi connectivity index (χ4n) is 2.74. The first-order valence-electron chi connectivity index (χ1n) is 9.39. The summed E-state index contributed by atoms with van der Waals surface area (Å²) in [7, 11) is 0. The molecule has 0 bridgehead atoms. The molecule has 6 nitrogen and oxygen atoms in total. The van der Waals surface area contributed by atoms with Crippen LogP contribution in [0.4, 0.5) is 26.3 Å². The van der Waals surface area contributed by atoms with Crippen molar-refractivity contribution in [2.75, 3.05) is 0 Å². The number of benzene rings is 1. The molecule has 2 heterocycles. The second-order valence-electron chi connectivity index (χ2n) is 7.08. The van der Waals surface area contributed by atoms with E-state index in [4.69, 9.17) is 4.74 Å². The lowest BCUT2D eigenvalue weighted by atomic mass is 10.0. The molecule has 0 unspecified atom stereocenters. The fourth-order valence-corrected chi connectivity index (χ4v) is 2.74. The number of rotatable bonds is 5. The zero-order valence-electron chi connectivity index (χ0n) is 17.1. The smallest absolute Gasteiger partial charge is 0.416 e. The molecular formula is C21H16F6N4O2. The summed E-state index contributed by atoms with van der Waals surface area (Å²) >= 11 is 0. The molecule has 174 valence electrons. The Kier molecular flexibility index (Phi) is 6.56. The van der Waals surface area contributed by atoms with Crippen LogP contribution in [0.15, 0.2) is 49.1 Å². The van der Waals surface area contributed by atoms with Gasteiger partial charge in [0.1, 0.15) is 6.33 Å². The lowest BCUT2D eigenvalue weighted by molar-refractivity contribution is -0.143. The van der Waals surface area contributed by atoms with E-state index in [0.29, 0.717) is 17.7 Å². The van der Waals surface area contributed by atoms with Gasteiger partial charge in [0.05, 0.1) is 22.8 Å². The van der Waals surface area contributed by atoms with E-state index >= 15 is 0 Å². The van der Waals surface area contributed by atoms with E-state index in [0.717, 1.165) is 11.0 Å². The van der Waals surface area contributed by atoms with Crippen LogP contribution in [0.3, 0.4) is 0 Å². The van der Waals surface area contributed by atoms with Crippen molar-refractivity contribution in [1.82, 2.24) is 19.7 Å². The number of ether oxygens (including phenoxy) is 1. The Bertz CT molecular complexity index is 1140. The van der Waals surface area contributed by atoms with Crippen molar-refractivity contribution in [3.63, 3.8) is 0 Å². The van der Waals surface area contributed by atoms with Crippen molar-refractivity contribution in [2.24, 2.45) is 0 Å². The maximum absolute atomic E-state index is 13.1. The molecule has 0 radical (unpaired) electrons. The lowest BCUT2D eigenvalue weighted by Gasteiger charge is -2.13. The Labute approximate surface area is 183 Å². The summed E-state index contributed by atoms with van der Waals surface area (Å²) in [4.78, 5) is 20.2. The minimum Gasteiger partial charge on any atom is -0.459 e. The number of carbonyl (C=O) groups is 1. The van der Waals surface area contributed by atoms with Gasteiger partial charge in [0, 0.05) is 24.2 Å². The van der Waals surface area contributed by atoms with E-state index in [9.17, 15) is 31.1 Å². The van der Waals surface area contributed by atoms with Crippen LogP contribution in [0.2, 0.25) is 0 Å². The van der Waals surface area contributed by atoms with E-state index in [1.807, 2.05) is 0 Å². The molecule has 3 rings (SSSR count). The number of hydrogen-bond donors (Lipinski definition) is 0. The first-order valence-corrected chi connectivity index (χ1v) is 9.39. The second-order valence-corrected chi connectivity index (χ2v) is 7.08. The number of alkyl halides is 6. The summed E-state index contributed by atoms with van der Waals surface area (Å²) in [5, 5.41) is 3.92. The second kappa shape index (κ2) is 9.04.